The number of amides is 1. The maximum Gasteiger partial charge on any atom is 0.228 e. The third kappa shape index (κ3) is 3.64. The van der Waals surface area contributed by atoms with Crippen LogP contribution in [-0.2, 0) is 4.79 Å². The Bertz CT molecular complexity index is 992. The number of carbonyl (C=O) groups excluding carboxylic acids is 2. The fraction of sp³-hybridized carbons (Fsp3) is 0.368. The van der Waals surface area contributed by atoms with E-state index in [9.17, 15) is 9.59 Å². The number of H-pyrrole nitrogens is 1. The molecule has 4 rings (SSSR count). The van der Waals surface area contributed by atoms with Gasteiger partial charge in [-0.15, -0.1) is 10.2 Å². The minimum atomic E-state index is -0.291. The minimum Gasteiger partial charge on any atom is -0.360 e. The Morgan fingerprint density at radius 1 is 1.33 bits per heavy atom. The normalized spacial score (nSPS) is 15.0. The Kier molecular flexibility index (Phi) is 5.01. The van der Waals surface area contributed by atoms with Crippen LogP contribution in [0.25, 0.3) is 10.9 Å². The number of para-hydroxylation sites is 1. The lowest BCUT2D eigenvalue weighted by Crippen LogP contribution is -2.32. The maximum absolute atomic E-state index is 12.9. The Labute approximate surface area is 165 Å². The highest BCUT2D eigenvalue weighted by molar-refractivity contribution is 8.02. The first-order chi connectivity index (χ1) is 13.1. The predicted molar refractivity (Wildman–Crippen MR) is 109 cm³/mol. The second-order valence-electron chi connectivity index (χ2n) is 6.57. The lowest BCUT2D eigenvalue weighted by molar-refractivity contribution is -0.118. The number of aromatic amines is 1. The first-order valence-electron chi connectivity index (χ1n) is 9.01. The SMILES string of the molecule is CCC(=O)N(c1nnc(S[C@H](C)C(=O)c2c[nH]c3ccccc23)s1)C1CC1. The monoisotopic (exact) mass is 400 g/mol. The molecular weight excluding hydrogens is 380 g/mol. The largest absolute Gasteiger partial charge is 0.360 e. The van der Waals surface area contributed by atoms with Gasteiger partial charge < -0.3 is 4.98 Å². The average Bonchev–Trinajstić information content (AvgIpc) is 3.25. The van der Waals surface area contributed by atoms with Crippen molar-refractivity contribution < 1.29 is 9.59 Å². The molecule has 0 unspecified atom stereocenters. The number of thioether (sulfide) groups is 1. The quantitative estimate of drug-likeness (QED) is 0.364. The number of hydrogen-bond acceptors (Lipinski definition) is 6. The van der Waals surface area contributed by atoms with Gasteiger partial charge in [-0.05, 0) is 25.8 Å². The highest BCUT2D eigenvalue weighted by atomic mass is 32.2. The van der Waals surface area contributed by atoms with E-state index in [2.05, 4.69) is 15.2 Å². The summed E-state index contributed by atoms with van der Waals surface area (Å²) in [5.74, 6) is 0.131. The van der Waals surface area contributed by atoms with Crippen LogP contribution in [-0.4, -0.2) is 38.2 Å². The second-order valence-corrected chi connectivity index (χ2v) is 9.12. The fourth-order valence-corrected chi connectivity index (χ4v) is 5.16. The van der Waals surface area contributed by atoms with E-state index >= 15 is 0 Å². The Morgan fingerprint density at radius 2 is 2.11 bits per heavy atom. The third-order valence-corrected chi connectivity index (χ3v) is 6.69. The second kappa shape index (κ2) is 7.44. The van der Waals surface area contributed by atoms with Gasteiger partial charge in [0.1, 0.15) is 0 Å². The number of Topliss-reactive ketones (excluding diaryl/α,β-unsaturated/α-hetero) is 1. The van der Waals surface area contributed by atoms with Crippen LogP contribution >= 0.6 is 23.1 Å². The molecule has 140 valence electrons. The van der Waals surface area contributed by atoms with Crippen LogP contribution in [0.5, 0.6) is 0 Å². The average molecular weight is 401 g/mol. The van der Waals surface area contributed by atoms with Gasteiger partial charge in [0.25, 0.3) is 0 Å². The van der Waals surface area contributed by atoms with Gasteiger partial charge in [0.2, 0.25) is 11.0 Å². The molecule has 0 bridgehead atoms. The summed E-state index contributed by atoms with van der Waals surface area (Å²) in [6.07, 6.45) is 4.25. The zero-order valence-electron chi connectivity index (χ0n) is 15.1. The van der Waals surface area contributed by atoms with Crippen molar-refractivity contribution in [3.8, 4) is 0 Å². The van der Waals surface area contributed by atoms with Gasteiger partial charge in [-0.3, -0.25) is 14.5 Å². The number of nitrogens with one attached hydrogen (secondary N) is 1. The van der Waals surface area contributed by atoms with E-state index in [-0.39, 0.29) is 23.0 Å². The van der Waals surface area contributed by atoms with E-state index in [0.717, 1.165) is 23.7 Å². The molecule has 6 nitrogen and oxygen atoms in total. The van der Waals surface area contributed by atoms with Crippen molar-refractivity contribution >= 4 is 50.8 Å². The Hall–Kier alpha value is -2.19. The number of ketones is 1. The molecule has 2 aromatic heterocycles. The molecule has 3 aromatic rings. The van der Waals surface area contributed by atoms with Crippen molar-refractivity contribution in [2.75, 3.05) is 4.90 Å². The molecule has 1 fully saturated rings. The third-order valence-electron chi connectivity index (χ3n) is 4.59. The number of anilines is 1. The summed E-state index contributed by atoms with van der Waals surface area (Å²) in [5.41, 5.74) is 1.64. The van der Waals surface area contributed by atoms with Gasteiger partial charge in [-0.25, -0.2) is 0 Å². The summed E-state index contributed by atoms with van der Waals surface area (Å²) < 4.78 is 0.709. The highest BCUT2D eigenvalue weighted by Gasteiger charge is 2.35. The topological polar surface area (TPSA) is 79.0 Å². The van der Waals surface area contributed by atoms with Crippen LogP contribution in [0.15, 0.2) is 34.8 Å². The molecule has 2 heterocycles. The molecule has 8 heteroatoms. The summed E-state index contributed by atoms with van der Waals surface area (Å²) >= 11 is 2.78. The molecule has 1 saturated carbocycles. The van der Waals surface area contributed by atoms with Crippen LogP contribution in [0.1, 0.15) is 43.5 Å². The Balaban J connectivity index is 1.50. The van der Waals surface area contributed by atoms with E-state index in [1.54, 1.807) is 11.1 Å². The standard InChI is InChI=1S/C19H20N4O2S2/c1-3-16(24)23(12-8-9-12)18-21-22-19(27-18)26-11(2)17(25)14-10-20-15-7-5-4-6-13(14)15/h4-7,10-12,20H,3,8-9H2,1-2H3/t11-/m1/s1. The lowest BCUT2D eigenvalue weighted by atomic mass is 10.1. The molecule has 1 amide bonds. The zero-order chi connectivity index (χ0) is 19.0. The number of fused-ring (bicyclic) bond motifs is 1. The molecule has 1 N–H and O–H groups in total. The summed E-state index contributed by atoms with van der Waals surface area (Å²) in [7, 11) is 0. The minimum absolute atomic E-state index is 0.0536. The smallest absolute Gasteiger partial charge is 0.228 e. The summed E-state index contributed by atoms with van der Waals surface area (Å²) in [6.45, 7) is 3.74. The van der Waals surface area contributed by atoms with Crippen molar-refractivity contribution in [3.05, 3.63) is 36.0 Å². The van der Waals surface area contributed by atoms with Crippen molar-refractivity contribution in [2.24, 2.45) is 0 Å². The lowest BCUT2D eigenvalue weighted by Gasteiger charge is -2.17. The molecule has 27 heavy (non-hydrogen) atoms. The van der Waals surface area contributed by atoms with Crippen LogP contribution < -0.4 is 4.90 Å². The van der Waals surface area contributed by atoms with Crippen molar-refractivity contribution in [1.82, 2.24) is 15.2 Å². The molecule has 1 aromatic carbocycles. The molecule has 0 spiro atoms. The molecule has 0 radical (unpaired) electrons. The number of hydrogen-bond donors (Lipinski definition) is 1. The zero-order valence-corrected chi connectivity index (χ0v) is 16.8. The summed E-state index contributed by atoms with van der Waals surface area (Å²) in [4.78, 5) is 30.0. The van der Waals surface area contributed by atoms with Gasteiger partial charge in [0, 0.05) is 35.1 Å². The molecule has 1 aliphatic carbocycles. The van der Waals surface area contributed by atoms with Gasteiger partial charge in [0.05, 0.1) is 5.25 Å². The van der Waals surface area contributed by atoms with Gasteiger partial charge in [-0.2, -0.15) is 0 Å². The van der Waals surface area contributed by atoms with Gasteiger partial charge in [-0.1, -0.05) is 48.2 Å². The number of aromatic nitrogens is 3. The highest BCUT2D eigenvalue weighted by Crippen LogP contribution is 2.37. The molecule has 0 saturated heterocycles. The summed E-state index contributed by atoms with van der Waals surface area (Å²) in [5, 5.41) is 9.69. The first-order valence-corrected chi connectivity index (χ1v) is 10.7. The van der Waals surface area contributed by atoms with Gasteiger partial charge >= 0.3 is 0 Å². The van der Waals surface area contributed by atoms with Crippen molar-refractivity contribution in [2.45, 2.75) is 48.7 Å². The van der Waals surface area contributed by atoms with Crippen molar-refractivity contribution in [3.63, 3.8) is 0 Å². The van der Waals surface area contributed by atoms with E-state index in [4.69, 9.17) is 0 Å². The number of carbonyl (C=O) groups is 2. The number of rotatable bonds is 7. The van der Waals surface area contributed by atoms with Crippen LogP contribution in [0, 0.1) is 0 Å². The van der Waals surface area contributed by atoms with Crippen LogP contribution in [0.4, 0.5) is 5.13 Å². The van der Waals surface area contributed by atoms with Crippen molar-refractivity contribution in [1.29, 1.82) is 0 Å². The van der Waals surface area contributed by atoms with E-state index in [1.807, 2.05) is 38.1 Å². The van der Waals surface area contributed by atoms with Gasteiger partial charge in [0.15, 0.2) is 10.1 Å². The van der Waals surface area contributed by atoms with Crippen LogP contribution in [0.2, 0.25) is 0 Å². The number of nitrogens with zero attached hydrogens (tertiary/aromatic N) is 3. The molecule has 1 aliphatic rings. The molecular formula is C19H20N4O2S2. The van der Waals surface area contributed by atoms with Crippen LogP contribution in [0.3, 0.4) is 0 Å². The van der Waals surface area contributed by atoms with E-state index in [1.165, 1.54) is 23.1 Å². The summed E-state index contributed by atoms with van der Waals surface area (Å²) in [6, 6.07) is 8.03. The maximum atomic E-state index is 12.9. The molecule has 0 aliphatic heterocycles. The Morgan fingerprint density at radius 3 is 2.85 bits per heavy atom. The van der Waals surface area contributed by atoms with E-state index in [0.29, 0.717) is 21.5 Å². The molecule has 1 atom stereocenters. The fourth-order valence-electron chi connectivity index (χ4n) is 3.02. The van der Waals surface area contributed by atoms with E-state index < -0.39 is 0 Å². The first kappa shape index (κ1) is 18.2. The predicted octanol–water partition coefficient (Wildman–Crippen LogP) is 4.29. The number of benzene rings is 1.